The van der Waals surface area contributed by atoms with E-state index in [1.54, 1.807) is 11.8 Å². The fourth-order valence-corrected chi connectivity index (χ4v) is 2.81. The minimum atomic E-state index is -0.664. The summed E-state index contributed by atoms with van der Waals surface area (Å²) in [5, 5.41) is 11.1. The van der Waals surface area contributed by atoms with Gasteiger partial charge in [-0.2, -0.15) is 0 Å². The van der Waals surface area contributed by atoms with Crippen LogP contribution in [-0.4, -0.2) is 41.4 Å². The number of amides is 1. The number of hydrogen-bond acceptors (Lipinski definition) is 5. The molecule has 0 aromatic heterocycles. The van der Waals surface area contributed by atoms with Crippen LogP contribution in [0.4, 0.5) is 5.69 Å². The number of hydrogen-bond donors (Lipinski definition) is 0. The van der Waals surface area contributed by atoms with Crippen molar-refractivity contribution < 1.29 is 19.2 Å². The number of nitro benzene ring substituents is 1. The van der Waals surface area contributed by atoms with Crippen LogP contribution < -0.4 is 0 Å². The first-order chi connectivity index (χ1) is 11.5. The standard InChI is InChI=1S/C17H22N2O5/c1-2-24-17(21)14-10-13(11-15(12-14)19(22)23)16(20)18-8-6-4-3-5-7-9-18/h10-12H,2-9H2,1H3. The Bertz CT molecular complexity index is 621. The number of likely N-dealkylation sites (tertiary alicyclic amines) is 1. The van der Waals surface area contributed by atoms with Gasteiger partial charge in [0.2, 0.25) is 0 Å². The Morgan fingerprint density at radius 1 is 1.08 bits per heavy atom. The number of esters is 1. The van der Waals surface area contributed by atoms with Crippen LogP contribution >= 0.6 is 0 Å². The SMILES string of the molecule is CCOC(=O)c1cc(C(=O)N2CCCCCCC2)cc([N+](=O)[O-])c1. The molecule has 0 bridgehead atoms. The molecule has 2 rings (SSSR count). The molecule has 1 saturated heterocycles. The van der Waals surface area contributed by atoms with Crippen LogP contribution in [0.3, 0.4) is 0 Å². The summed E-state index contributed by atoms with van der Waals surface area (Å²) in [5.74, 6) is -0.936. The van der Waals surface area contributed by atoms with Gasteiger partial charge in [-0.05, 0) is 25.8 Å². The average molecular weight is 334 g/mol. The van der Waals surface area contributed by atoms with Gasteiger partial charge in [-0.1, -0.05) is 19.3 Å². The normalized spacial score (nSPS) is 15.3. The molecule has 7 heteroatoms. The lowest BCUT2D eigenvalue weighted by Crippen LogP contribution is -2.34. The third-order valence-electron chi connectivity index (χ3n) is 4.03. The van der Waals surface area contributed by atoms with Crippen molar-refractivity contribution in [3.63, 3.8) is 0 Å². The number of benzene rings is 1. The largest absolute Gasteiger partial charge is 0.462 e. The molecule has 1 heterocycles. The lowest BCUT2D eigenvalue weighted by atomic mass is 10.1. The van der Waals surface area contributed by atoms with Gasteiger partial charge >= 0.3 is 5.97 Å². The molecule has 1 aromatic carbocycles. The molecule has 7 nitrogen and oxygen atoms in total. The average Bonchev–Trinajstić information content (AvgIpc) is 2.53. The highest BCUT2D eigenvalue weighted by molar-refractivity contribution is 5.99. The Morgan fingerprint density at radius 2 is 1.67 bits per heavy atom. The number of rotatable bonds is 4. The van der Waals surface area contributed by atoms with Gasteiger partial charge in [0.1, 0.15) is 0 Å². The molecular weight excluding hydrogens is 312 g/mol. The molecule has 130 valence electrons. The molecule has 1 aliphatic heterocycles. The number of carbonyl (C=O) groups is 2. The van der Waals surface area contributed by atoms with E-state index in [-0.39, 0.29) is 29.3 Å². The molecule has 0 unspecified atom stereocenters. The lowest BCUT2D eigenvalue weighted by molar-refractivity contribution is -0.384. The molecule has 0 N–H and O–H groups in total. The second-order valence-corrected chi connectivity index (χ2v) is 5.81. The molecule has 0 radical (unpaired) electrons. The second-order valence-electron chi connectivity index (χ2n) is 5.81. The van der Waals surface area contributed by atoms with Crippen LogP contribution in [-0.2, 0) is 4.74 Å². The van der Waals surface area contributed by atoms with Gasteiger partial charge in [-0.15, -0.1) is 0 Å². The van der Waals surface area contributed by atoms with Crippen LogP contribution in [0.5, 0.6) is 0 Å². The Labute approximate surface area is 140 Å². The van der Waals surface area contributed by atoms with Crippen molar-refractivity contribution >= 4 is 17.6 Å². The zero-order valence-corrected chi connectivity index (χ0v) is 13.8. The molecule has 1 aliphatic rings. The molecule has 0 saturated carbocycles. The number of nitro groups is 1. The maximum atomic E-state index is 12.7. The van der Waals surface area contributed by atoms with Gasteiger partial charge in [0, 0.05) is 30.8 Å². The van der Waals surface area contributed by atoms with Crippen molar-refractivity contribution in [2.75, 3.05) is 19.7 Å². The van der Waals surface area contributed by atoms with Gasteiger partial charge in [0.15, 0.2) is 0 Å². The van der Waals surface area contributed by atoms with Crippen LogP contribution in [0, 0.1) is 10.1 Å². The third-order valence-corrected chi connectivity index (χ3v) is 4.03. The predicted molar refractivity (Wildman–Crippen MR) is 88.0 cm³/mol. The molecule has 1 amide bonds. The van der Waals surface area contributed by atoms with E-state index in [2.05, 4.69) is 0 Å². The van der Waals surface area contributed by atoms with Gasteiger partial charge < -0.3 is 9.64 Å². The number of carbonyl (C=O) groups excluding carboxylic acids is 2. The summed E-state index contributed by atoms with van der Waals surface area (Å²) < 4.78 is 4.89. The van der Waals surface area contributed by atoms with E-state index in [9.17, 15) is 19.7 Å². The molecule has 24 heavy (non-hydrogen) atoms. The Kier molecular flexibility index (Phi) is 6.28. The minimum Gasteiger partial charge on any atom is -0.462 e. The first kappa shape index (κ1) is 17.9. The van der Waals surface area contributed by atoms with Gasteiger partial charge in [-0.25, -0.2) is 4.79 Å². The highest BCUT2D eigenvalue weighted by Gasteiger charge is 2.22. The van der Waals surface area contributed by atoms with Crippen molar-refractivity contribution in [2.45, 2.75) is 39.0 Å². The van der Waals surface area contributed by atoms with Gasteiger partial charge in [0.05, 0.1) is 17.1 Å². The predicted octanol–water partition coefficient (Wildman–Crippen LogP) is 3.18. The van der Waals surface area contributed by atoms with E-state index in [1.807, 2.05) is 0 Å². The van der Waals surface area contributed by atoms with Crippen LogP contribution in [0.15, 0.2) is 18.2 Å². The molecule has 0 atom stereocenters. The maximum absolute atomic E-state index is 12.7. The molecular formula is C17H22N2O5. The zero-order valence-electron chi connectivity index (χ0n) is 13.8. The van der Waals surface area contributed by atoms with Gasteiger partial charge in [-0.3, -0.25) is 14.9 Å². The summed E-state index contributed by atoms with van der Waals surface area (Å²) in [4.78, 5) is 36.8. The lowest BCUT2D eigenvalue weighted by Gasteiger charge is -2.25. The monoisotopic (exact) mass is 334 g/mol. The molecule has 1 aromatic rings. The van der Waals surface area contributed by atoms with Crippen LogP contribution in [0.25, 0.3) is 0 Å². The first-order valence-electron chi connectivity index (χ1n) is 8.29. The van der Waals surface area contributed by atoms with E-state index in [4.69, 9.17) is 4.74 Å². The Balaban J connectivity index is 2.30. The molecule has 0 spiro atoms. The maximum Gasteiger partial charge on any atom is 0.338 e. The minimum absolute atomic E-state index is 0.0291. The zero-order chi connectivity index (χ0) is 17.5. The molecule has 0 aliphatic carbocycles. The van der Waals surface area contributed by atoms with Gasteiger partial charge in [0.25, 0.3) is 11.6 Å². The van der Waals surface area contributed by atoms with Crippen LogP contribution in [0.2, 0.25) is 0 Å². The third kappa shape index (κ3) is 4.53. The summed E-state index contributed by atoms with van der Waals surface area (Å²) in [7, 11) is 0. The Morgan fingerprint density at radius 3 is 2.25 bits per heavy atom. The summed E-state index contributed by atoms with van der Waals surface area (Å²) in [6.45, 7) is 3.09. The van der Waals surface area contributed by atoms with Crippen molar-refractivity contribution in [3.8, 4) is 0 Å². The first-order valence-corrected chi connectivity index (χ1v) is 8.29. The van der Waals surface area contributed by atoms with E-state index in [0.29, 0.717) is 13.1 Å². The highest BCUT2D eigenvalue weighted by atomic mass is 16.6. The van der Waals surface area contributed by atoms with Crippen molar-refractivity contribution in [1.29, 1.82) is 0 Å². The second kappa shape index (κ2) is 8.42. The van der Waals surface area contributed by atoms with E-state index < -0.39 is 10.9 Å². The Hall–Kier alpha value is -2.44. The van der Waals surface area contributed by atoms with Crippen molar-refractivity contribution in [2.24, 2.45) is 0 Å². The summed E-state index contributed by atoms with van der Waals surface area (Å²) >= 11 is 0. The van der Waals surface area contributed by atoms with Crippen LogP contribution in [0.1, 0.15) is 59.7 Å². The number of non-ortho nitro benzene ring substituents is 1. The smallest absolute Gasteiger partial charge is 0.338 e. The number of ether oxygens (including phenoxy) is 1. The van der Waals surface area contributed by atoms with Crippen molar-refractivity contribution in [3.05, 3.63) is 39.4 Å². The fraction of sp³-hybridized carbons (Fsp3) is 0.529. The van der Waals surface area contributed by atoms with E-state index in [1.165, 1.54) is 18.6 Å². The highest BCUT2D eigenvalue weighted by Crippen LogP contribution is 2.21. The molecule has 1 fully saturated rings. The topological polar surface area (TPSA) is 89.8 Å². The fourth-order valence-electron chi connectivity index (χ4n) is 2.81. The summed E-state index contributed by atoms with van der Waals surface area (Å²) in [6, 6.07) is 3.75. The van der Waals surface area contributed by atoms with Crippen molar-refractivity contribution in [1.82, 2.24) is 4.90 Å². The number of nitrogens with zero attached hydrogens (tertiary/aromatic N) is 2. The summed E-state index contributed by atoms with van der Waals surface area (Å²) in [5.41, 5.74) is -0.0924. The van der Waals surface area contributed by atoms with E-state index >= 15 is 0 Å². The quantitative estimate of drug-likeness (QED) is 0.479. The summed E-state index contributed by atoms with van der Waals surface area (Å²) in [6.07, 6.45) is 5.17. The van der Waals surface area contributed by atoms with E-state index in [0.717, 1.165) is 31.7 Å².